The molecule has 8 nitrogen and oxygen atoms in total. The maximum atomic E-state index is 13.7. The fourth-order valence-corrected chi connectivity index (χ4v) is 2.14. The number of benzene rings is 1. The summed E-state index contributed by atoms with van der Waals surface area (Å²) in [6.07, 6.45) is 5.84. The molecule has 0 bridgehead atoms. The van der Waals surface area contributed by atoms with Crippen LogP contribution in [0.3, 0.4) is 0 Å². The summed E-state index contributed by atoms with van der Waals surface area (Å²) in [5.74, 6) is -0.197. The van der Waals surface area contributed by atoms with Gasteiger partial charge in [0, 0.05) is 31.5 Å². The monoisotopic (exact) mass is 341 g/mol. The van der Waals surface area contributed by atoms with E-state index in [9.17, 15) is 9.18 Å². The first-order valence-corrected chi connectivity index (χ1v) is 7.46. The molecule has 0 atom stereocenters. The average molecular weight is 341 g/mol. The van der Waals surface area contributed by atoms with E-state index >= 15 is 0 Å². The Bertz CT molecular complexity index is 866. The van der Waals surface area contributed by atoms with Crippen LogP contribution >= 0.6 is 0 Å². The van der Waals surface area contributed by atoms with Gasteiger partial charge in [0.2, 0.25) is 0 Å². The van der Waals surface area contributed by atoms with Crippen LogP contribution < -0.4 is 16.2 Å². The van der Waals surface area contributed by atoms with Crippen molar-refractivity contribution >= 4 is 17.4 Å². The second-order valence-corrected chi connectivity index (χ2v) is 5.22. The summed E-state index contributed by atoms with van der Waals surface area (Å²) in [4.78, 5) is 19.6. The third-order valence-electron chi connectivity index (χ3n) is 3.37. The van der Waals surface area contributed by atoms with Crippen molar-refractivity contribution in [1.29, 1.82) is 0 Å². The third-order valence-corrected chi connectivity index (χ3v) is 3.37. The van der Waals surface area contributed by atoms with Gasteiger partial charge in [0.25, 0.3) is 5.91 Å². The topological polar surface area (TPSA) is 96.8 Å². The highest BCUT2D eigenvalue weighted by molar-refractivity contribution is 5.94. The van der Waals surface area contributed by atoms with Crippen molar-refractivity contribution in [2.24, 2.45) is 7.05 Å². The Balaban J connectivity index is 1.65. The molecule has 0 spiro atoms. The Hall–Kier alpha value is -3.49. The summed E-state index contributed by atoms with van der Waals surface area (Å²) in [5, 5.41) is 7.29. The lowest BCUT2D eigenvalue weighted by Crippen LogP contribution is -2.29. The SMILES string of the molecule is Cn1cc(NNC(=O)c2cncnc2)c(NCc2ccccc2F)n1. The Morgan fingerprint density at radius 1 is 1.24 bits per heavy atom. The maximum absolute atomic E-state index is 13.7. The first kappa shape index (κ1) is 16.4. The Morgan fingerprint density at radius 3 is 2.76 bits per heavy atom. The number of amides is 1. The van der Waals surface area contributed by atoms with Crippen LogP contribution in [-0.4, -0.2) is 25.7 Å². The second kappa shape index (κ2) is 7.39. The van der Waals surface area contributed by atoms with Crippen LogP contribution in [0.25, 0.3) is 0 Å². The number of anilines is 2. The maximum Gasteiger partial charge on any atom is 0.272 e. The molecule has 0 aliphatic heterocycles. The molecule has 0 fully saturated rings. The van der Waals surface area contributed by atoms with Gasteiger partial charge in [-0.2, -0.15) is 5.10 Å². The van der Waals surface area contributed by atoms with Gasteiger partial charge in [-0.05, 0) is 6.07 Å². The summed E-state index contributed by atoms with van der Waals surface area (Å²) in [6.45, 7) is 0.263. The summed E-state index contributed by atoms with van der Waals surface area (Å²) < 4.78 is 15.3. The number of hydrazine groups is 1. The highest BCUT2D eigenvalue weighted by atomic mass is 19.1. The van der Waals surface area contributed by atoms with Gasteiger partial charge >= 0.3 is 0 Å². The summed E-state index contributed by atoms with van der Waals surface area (Å²) in [5.41, 5.74) is 6.71. The summed E-state index contributed by atoms with van der Waals surface area (Å²) in [6, 6.07) is 6.49. The quantitative estimate of drug-likeness (QED) is 0.591. The van der Waals surface area contributed by atoms with Crippen molar-refractivity contribution in [3.63, 3.8) is 0 Å². The van der Waals surface area contributed by atoms with E-state index < -0.39 is 0 Å². The van der Waals surface area contributed by atoms with Gasteiger partial charge in [-0.3, -0.25) is 20.3 Å². The van der Waals surface area contributed by atoms with Crippen LogP contribution in [0.2, 0.25) is 0 Å². The van der Waals surface area contributed by atoms with E-state index in [0.717, 1.165) is 0 Å². The van der Waals surface area contributed by atoms with Gasteiger partial charge in [-0.25, -0.2) is 14.4 Å². The van der Waals surface area contributed by atoms with Crippen molar-refractivity contribution in [3.05, 3.63) is 66.1 Å². The number of nitrogens with zero attached hydrogens (tertiary/aromatic N) is 4. The largest absolute Gasteiger partial charge is 0.363 e. The lowest BCUT2D eigenvalue weighted by molar-refractivity contribution is 0.0962. The first-order valence-electron chi connectivity index (χ1n) is 7.46. The molecule has 3 rings (SSSR count). The van der Waals surface area contributed by atoms with Crippen molar-refractivity contribution in [1.82, 2.24) is 25.2 Å². The van der Waals surface area contributed by atoms with Gasteiger partial charge in [0.05, 0.1) is 11.8 Å². The predicted molar refractivity (Wildman–Crippen MR) is 90.1 cm³/mol. The lowest BCUT2D eigenvalue weighted by atomic mass is 10.2. The highest BCUT2D eigenvalue weighted by Crippen LogP contribution is 2.19. The van der Waals surface area contributed by atoms with Crippen molar-refractivity contribution in [2.45, 2.75) is 6.54 Å². The zero-order valence-electron chi connectivity index (χ0n) is 13.4. The normalized spacial score (nSPS) is 10.3. The molecular weight excluding hydrogens is 325 g/mol. The zero-order valence-corrected chi connectivity index (χ0v) is 13.4. The predicted octanol–water partition coefficient (Wildman–Crippen LogP) is 1.72. The lowest BCUT2D eigenvalue weighted by Gasteiger charge is -2.10. The molecule has 0 radical (unpaired) electrons. The fraction of sp³-hybridized carbons (Fsp3) is 0.125. The Labute approximate surface area is 143 Å². The van der Waals surface area contributed by atoms with E-state index in [2.05, 4.69) is 31.2 Å². The van der Waals surface area contributed by atoms with E-state index in [1.165, 1.54) is 24.8 Å². The van der Waals surface area contributed by atoms with Crippen LogP contribution in [0.15, 0.2) is 49.2 Å². The van der Waals surface area contributed by atoms with Gasteiger partial charge in [-0.15, -0.1) is 0 Å². The molecule has 0 saturated carbocycles. The molecule has 0 aliphatic carbocycles. The number of hydrogen-bond donors (Lipinski definition) is 3. The number of rotatable bonds is 6. The van der Waals surface area contributed by atoms with E-state index in [-0.39, 0.29) is 18.3 Å². The van der Waals surface area contributed by atoms with E-state index in [4.69, 9.17) is 0 Å². The minimum Gasteiger partial charge on any atom is -0.363 e. The minimum atomic E-state index is -0.385. The number of nitrogens with one attached hydrogen (secondary N) is 3. The number of hydrogen-bond acceptors (Lipinski definition) is 6. The van der Waals surface area contributed by atoms with Crippen molar-refractivity contribution < 1.29 is 9.18 Å². The summed E-state index contributed by atoms with van der Waals surface area (Å²) >= 11 is 0. The molecule has 2 aromatic heterocycles. The van der Waals surface area contributed by atoms with E-state index in [1.54, 1.807) is 36.1 Å². The van der Waals surface area contributed by atoms with Gasteiger partial charge < -0.3 is 5.32 Å². The van der Waals surface area contributed by atoms with E-state index in [1.807, 2.05) is 0 Å². The summed E-state index contributed by atoms with van der Waals surface area (Å²) in [7, 11) is 1.74. The van der Waals surface area contributed by atoms with Gasteiger partial charge in [-0.1, -0.05) is 18.2 Å². The van der Waals surface area contributed by atoms with Crippen LogP contribution in [0.5, 0.6) is 0 Å². The fourth-order valence-electron chi connectivity index (χ4n) is 2.14. The van der Waals surface area contributed by atoms with Crippen LogP contribution in [-0.2, 0) is 13.6 Å². The number of carbonyl (C=O) groups excluding carboxylic acids is 1. The zero-order chi connectivity index (χ0) is 17.6. The molecule has 0 unspecified atom stereocenters. The second-order valence-electron chi connectivity index (χ2n) is 5.22. The van der Waals surface area contributed by atoms with Gasteiger partial charge in [0.15, 0.2) is 5.82 Å². The molecule has 0 saturated heterocycles. The molecule has 3 aromatic rings. The number of aryl methyl sites for hydroxylation is 1. The molecule has 2 heterocycles. The average Bonchev–Trinajstić information content (AvgIpc) is 2.99. The van der Waals surface area contributed by atoms with Crippen LogP contribution in [0, 0.1) is 5.82 Å². The Morgan fingerprint density at radius 2 is 2.00 bits per heavy atom. The van der Waals surface area contributed by atoms with Gasteiger partial charge in [0.1, 0.15) is 17.8 Å². The molecule has 1 amide bonds. The Kier molecular flexibility index (Phi) is 4.84. The molecule has 3 N–H and O–H groups in total. The molecular formula is C16H16FN7O. The molecule has 128 valence electrons. The first-order chi connectivity index (χ1) is 12.1. The third kappa shape index (κ3) is 4.08. The number of carbonyl (C=O) groups is 1. The smallest absolute Gasteiger partial charge is 0.272 e. The number of halogens is 1. The minimum absolute atomic E-state index is 0.263. The molecule has 1 aromatic carbocycles. The van der Waals surface area contributed by atoms with Crippen LogP contribution in [0.1, 0.15) is 15.9 Å². The van der Waals surface area contributed by atoms with Crippen LogP contribution in [0.4, 0.5) is 15.9 Å². The molecule has 0 aliphatic rings. The van der Waals surface area contributed by atoms with Crippen molar-refractivity contribution in [3.8, 4) is 0 Å². The molecule has 9 heteroatoms. The van der Waals surface area contributed by atoms with Crippen molar-refractivity contribution in [2.75, 3.05) is 10.7 Å². The van der Waals surface area contributed by atoms with E-state index in [0.29, 0.717) is 22.6 Å². The standard InChI is InChI=1S/C16H16FN7O/c1-24-9-14(21-22-16(25)12-6-18-10-19-7-12)15(23-24)20-8-11-4-2-3-5-13(11)17/h2-7,9-10,21H,8H2,1H3,(H,20,23)(H,22,25). The highest BCUT2D eigenvalue weighted by Gasteiger charge is 2.11. The molecule has 25 heavy (non-hydrogen) atoms. The number of aromatic nitrogens is 4.